The van der Waals surface area contributed by atoms with Gasteiger partial charge >= 0.3 is 6.03 Å². The predicted molar refractivity (Wildman–Crippen MR) is 79.9 cm³/mol. The molecular weight excluding hydrogens is 254 g/mol. The van der Waals surface area contributed by atoms with Crippen molar-refractivity contribution in [3.63, 3.8) is 0 Å². The number of nitrogens with one attached hydrogen (secondary N) is 2. The molecule has 1 aliphatic carbocycles. The molecule has 3 amide bonds. The topological polar surface area (TPSA) is 61.4 Å². The largest absolute Gasteiger partial charge is 0.336 e. The summed E-state index contributed by atoms with van der Waals surface area (Å²) in [6.07, 6.45) is 2.13. The van der Waals surface area contributed by atoms with Crippen LogP contribution in [0.1, 0.15) is 33.6 Å². The Morgan fingerprint density at radius 3 is 2.25 bits per heavy atom. The van der Waals surface area contributed by atoms with Crippen molar-refractivity contribution < 1.29 is 9.59 Å². The molecule has 0 saturated heterocycles. The molecule has 0 aliphatic heterocycles. The van der Waals surface area contributed by atoms with E-state index < -0.39 is 0 Å². The third-order valence-corrected chi connectivity index (χ3v) is 3.07. The van der Waals surface area contributed by atoms with Gasteiger partial charge in [-0.05, 0) is 51.0 Å². The Bertz CT molecular complexity index is 492. The number of benzene rings is 1. The second-order valence-corrected chi connectivity index (χ2v) is 5.42. The van der Waals surface area contributed by atoms with Gasteiger partial charge < -0.3 is 15.5 Å². The lowest BCUT2D eigenvalue weighted by Crippen LogP contribution is -2.34. The first-order valence-electron chi connectivity index (χ1n) is 6.94. The van der Waals surface area contributed by atoms with E-state index in [4.69, 9.17) is 0 Å². The van der Waals surface area contributed by atoms with Gasteiger partial charge in [0.05, 0.1) is 0 Å². The van der Waals surface area contributed by atoms with Gasteiger partial charge in [0.2, 0.25) is 5.91 Å². The molecule has 108 valence electrons. The average Bonchev–Trinajstić information content (AvgIpc) is 3.14. The number of hydrogen-bond acceptors (Lipinski definition) is 2. The molecule has 1 aromatic rings. The van der Waals surface area contributed by atoms with Crippen LogP contribution in [0.25, 0.3) is 0 Å². The average molecular weight is 275 g/mol. The summed E-state index contributed by atoms with van der Waals surface area (Å²) in [5.41, 5.74) is 1.60. The monoisotopic (exact) mass is 275 g/mol. The Kier molecular flexibility index (Phi) is 4.27. The first-order valence-corrected chi connectivity index (χ1v) is 6.94. The highest BCUT2D eigenvalue weighted by Gasteiger charge is 2.31. The lowest BCUT2D eigenvalue weighted by atomic mass is 10.2. The Labute approximate surface area is 119 Å². The highest BCUT2D eigenvalue weighted by atomic mass is 16.2. The minimum absolute atomic E-state index is 0.0609. The molecule has 2 N–H and O–H groups in total. The maximum atomic E-state index is 11.7. The van der Waals surface area contributed by atoms with Gasteiger partial charge in [0.25, 0.3) is 0 Å². The molecule has 1 aromatic carbocycles. The van der Waals surface area contributed by atoms with Crippen LogP contribution in [-0.2, 0) is 4.79 Å². The summed E-state index contributed by atoms with van der Waals surface area (Å²) in [5.74, 6) is 0.0609. The number of carbonyl (C=O) groups excluding carboxylic acids is 2. The van der Waals surface area contributed by atoms with Crippen molar-refractivity contribution in [1.82, 2.24) is 5.32 Å². The van der Waals surface area contributed by atoms with Crippen molar-refractivity contribution in [3.05, 3.63) is 24.3 Å². The zero-order valence-corrected chi connectivity index (χ0v) is 12.1. The third-order valence-electron chi connectivity index (χ3n) is 3.07. The lowest BCUT2D eigenvalue weighted by Gasteiger charge is -2.21. The highest BCUT2D eigenvalue weighted by molar-refractivity contribution is 5.93. The Morgan fingerprint density at radius 1 is 1.20 bits per heavy atom. The molecule has 2 rings (SSSR count). The number of rotatable bonds is 4. The van der Waals surface area contributed by atoms with E-state index in [-0.39, 0.29) is 18.0 Å². The number of urea groups is 1. The van der Waals surface area contributed by atoms with E-state index in [1.165, 1.54) is 0 Å². The van der Waals surface area contributed by atoms with E-state index in [0.29, 0.717) is 11.7 Å². The lowest BCUT2D eigenvalue weighted by molar-refractivity contribution is -0.116. The molecule has 5 nitrogen and oxygen atoms in total. The SMILES string of the molecule is CC(=O)N(c1ccc(NC(=O)NC(C)C)cc1)C1CC1. The quantitative estimate of drug-likeness (QED) is 0.887. The summed E-state index contributed by atoms with van der Waals surface area (Å²) in [4.78, 5) is 25.1. The van der Waals surface area contributed by atoms with E-state index in [1.54, 1.807) is 6.92 Å². The summed E-state index contributed by atoms with van der Waals surface area (Å²) in [6, 6.07) is 7.57. The van der Waals surface area contributed by atoms with Gasteiger partial charge in [-0.25, -0.2) is 4.79 Å². The summed E-state index contributed by atoms with van der Waals surface area (Å²) < 4.78 is 0. The van der Waals surface area contributed by atoms with Crippen molar-refractivity contribution in [2.24, 2.45) is 0 Å². The molecule has 1 aliphatic rings. The van der Waals surface area contributed by atoms with Gasteiger partial charge in [-0.15, -0.1) is 0 Å². The number of carbonyl (C=O) groups is 2. The van der Waals surface area contributed by atoms with Crippen LogP contribution in [-0.4, -0.2) is 24.0 Å². The van der Waals surface area contributed by atoms with Crippen LogP contribution in [0, 0.1) is 0 Å². The van der Waals surface area contributed by atoms with Crippen LogP contribution >= 0.6 is 0 Å². The minimum Gasteiger partial charge on any atom is -0.336 e. The fraction of sp³-hybridized carbons (Fsp3) is 0.467. The van der Waals surface area contributed by atoms with Crippen molar-refractivity contribution >= 4 is 23.3 Å². The molecule has 1 saturated carbocycles. The second-order valence-electron chi connectivity index (χ2n) is 5.42. The van der Waals surface area contributed by atoms with Gasteiger partial charge in [-0.1, -0.05) is 0 Å². The maximum absolute atomic E-state index is 11.7. The number of anilines is 2. The molecule has 5 heteroatoms. The number of amides is 3. The van der Waals surface area contributed by atoms with Gasteiger partial charge in [0.1, 0.15) is 0 Å². The van der Waals surface area contributed by atoms with E-state index in [2.05, 4.69) is 10.6 Å². The third kappa shape index (κ3) is 3.73. The molecule has 0 atom stereocenters. The standard InChI is InChI=1S/C15H21N3O2/c1-10(2)16-15(20)17-12-4-6-13(7-5-12)18(11(3)19)14-8-9-14/h4-7,10,14H,8-9H2,1-3H3,(H2,16,17,20). The van der Waals surface area contributed by atoms with Crippen LogP contribution in [0.4, 0.5) is 16.2 Å². The summed E-state index contributed by atoms with van der Waals surface area (Å²) in [6.45, 7) is 5.40. The molecule has 1 fully saturated rings. The molecule has 0 unspecified atom stereocenters. The van der Waals surface area contributed by atoms with Crippen molar-refractivity contribution in [3.8, 4) is 0 Å². The van der Waals surface area contributed by atoms with E-state index >= 15 is 0 Å². The van der Waals surface area contributed by atoms with E-state index in [9.17, 15) is 9.59 Å². The fourth-order valence-corrected chi connectivity index (χ4v) is 2.12. The first kappa shape index (κ1) is 14.4. The van der Waals surface area contributed by atoms with Crippen LogP contribution in [0.2, 0.25) is 0 Å². The van der Waals surface area contributed by atoms with Gasteiger partial charge in [-0.2, -0.15) is 0 Å². The van der Waals surface area contributed by atoms with Gasteiger partial charge in [-0.3, -0.25) is 4.79 Å². The fourth-order valence-electron chi connectivity index (χ4n) is 2.12. The van der Waals surface area contributed by atoms with Gasteiger partial charge in [0, 0.05) is 30.4 Å². The second kappa shape index (κ2) is 5.94. The van der Waals surface area contributed by atoms with Crippen LogP contribution in [0.15, 0.2) is 24.3 Å². The minimum atomic E-state index is -0.224. The summed E-state index contributed by atoms with van der Waals surface area (Å²) in [7, 11) is 0. The predicted octanol–water partition coefficient (Wildman–Crippen LogP) is 2.73. The van der Waals surface area contributed by atoms with Crippen molar-refractivity contribution in [1.29, 1.82) is 0 Å². The molecule has 20 heavy (non-hydrogen) atoms. The molecule has 0 aromatic heterocycles. The Balaban J connectivity index is 2.02. The Morgan fingerprint density at radius 2 is 1.80 bits per heavy atom. The van der Waals surface area contributed by atoms with Crippen LogP contribution < -0.4 is 15.5 Å². The maximum Gasteiger partial charge on any atom is 0.319 e. The number of hydrogen-bond donors (Lipinski definition) is 2. The smallest absolute Gasteiger partial charge is 0.319 e. The zero-order valence-electron chi connectivity index (χ0n) is 12.1. The van der Waals surface area contributed by atoms with E-state index in [1.807, 2.05) is 43.0 Å². The Hall–Kier alpha value is -2.04. The number of nitrogens with zero attached hydrogens (tertiary/aromatic N) is 1. The molecule has 0 heterocycles. The normalized spacial score (nSPS) is 14.0. The highest BCUT2D eigenvalue weighted by Crippen LogP contribution is 2.32. The molecule has 0 spiro atoms. The van der Waals surface area contributed by atoms with Crippen molar-refractivity contribution in [2.75, 3.05) is 10.2 Å². The summed E-state index contributed by atoms with van der Waals surface area (Å²) >= 11 is 0. The van der Waals surface area contributed by atoms with Crippen LogP contribution in [0.5, 0.6) is 0 Å². The molecule has 0 radical (unpaired) electrons. The molecular formula is C15H21N3O2. The van der Waals surface area contributed by atoms with Gasteiger partial charge in [0.15, 0.2) is 0 Å². The van der Waals surface area contributed by atoms with Crippen LogP contribution in [0.3, 0.4) is 0 Å². The first-order chi connectivity index (χ1) is 9.47. The van der Waals surface area contributed by atoms with E-state index in [0.717, 1.165) is 18.5 Å². The summed E-state index contributed by atoms with van der Waals surface area (Å²) in [5, 5.41) is 5.52. The zero-order chi connectivity index (χ0) is 14.7. The van der Waals surface area contributed by atoms with Crippen molar-refractivity contribution in [2.45, 2.75) is 45.7 Å². The molecule has 0 bridgehead atoms.